The Hall–Kier alpha value is -3.93. The molecule has 44 heavy (non-hydrogen) atoms. The quantitative estimate of drug-likeness (QED) is 0.289. The van der Waals surface area contributed by atoms with Crippen molar-refractivity contribution in [1.29, 1.82) is 0 Å². The molecule has 1 aromatic heterocycles. The van der Waals surface area contributed by atoms with Crippen LogP contribution >= 0.6 is 0 Å². The molecule has 0 radical (unpaired) electrons. The van der Waals surface area contributed by atoms with Crippen molar-refractivity contribution in [3.63, 3.8) is 0 Å². The highest BCUT2D eigenvalue weighted by atomic mass is 32.2. The number of benzene rings is 2. The summed E-state index contributed by atoms with van der Waals surface area (Å²) >= 11 is 0. The minimum Gasteiger partial charge on any atom is -0.492 e. The van der Waals surface area contributed by atoms with Gasteiger partial charge >= 0.3 is 0 Å². The van der Waals surface area contributed by atoms with E-state index in [0.29, 0.717) is 23.7 Å². The summed E-state index contributed by atoms with van der Waals surface area (Å²) in [5.41, 5.74) is 4.18. The monoisotopic (exact) mass is 621 g/mol. The van der Waals surface area contributed by atoms with Crippen molar-refractivity contribution in [2.45, 2.75) is 84.2 Å². The van der Waals surface area contributed by atoms with E-state index in [4.69, 9.17) is 9.72 Å². The molecular formula is C32H43N7O4S. The van der Waals surface area contributed by atoms with Gasteiger partial charge in [-0.15, -0.1) is 0 Å². The molecule has 2 heterocycles. The van der Waals surface area contributed by atoms with Crippen molar-refractivity contribution < 1.29 is 17.9 Å². The Balaban J connectivity index is 1.42. The summed E-state index contributed by atoms with van der Waals surface area (Å²) in [6.07, 6.45) is 5.35. The maximum atomic E-state index is 13.6. The number of hydrogen-bond acceptors (Lipinski definition) is 8. The van der Waals surface area contributed by atoms with Gasteiger partial charge in [0, 0.05) is 17.0 Å². The number of sulfonamides is 1. The van der Waals surface area contributed by atoms with Crippen LogP contribution in [0.3, 0.4) is 0 Å². The van der Waals surface area contributed by atoms with Crippen LogP contribution in [0.5, 0.6) is 5.75 Å². The van der Waals surface area contributed by atoms with Crippen LogP contribution in [0.25, 0.3) is 0 Å². The molecule has 2 aromatic carbocycles. The first-order valence-corrected chi connectivity index (χ1v) is 16.7. The second-order valence-corrected chi connectivity index (χ2v) is 15.6. The molecule has 11 nitrogen and oxygen atoms in total. The highest BCUT2D eigenvalue weighted by molar-refractivity contribution is 7.92. The van der Waals surface area contributed by atoms with Gasteiger partial charge in [-0.1, -0.05) is 32.1 Å². The molecule has 2 aliphatic rings. The predicted octanol–water partition coefficient (Wildman–Crippen LogP) is 6.68. The second-order valence-electron chi connectivity index (χ2n) is 13.8. The van der Waals surface area contributed by atoms with Crippen LogP contribution in [-0.4, -0.2) is 43.8 Å². The summed E-state index contributed by atoms with van der Waals surface area (Å²) < 4.78 is 34.6. The SMILES string of the molecule is COc1c(NC(=O)c2ccc(C)c(N3CC(c4cnc(C5CC5)n4C(C)(C)C)N=N3)c2)cc(C(C)(C)C)cc1NS(C)(=O)=O. The van der Waals surface area contributed by atoms with E-state index in [2.05, 4.69) is 45.7 Å². The number of ether oxygens (including phenoxy) is 1. The molecule has 0 saturated heterocycles. The number of anilines is 3. The Morgan fingerprint density at radius 1 is 1.05 bits per heavy atom. The van der Waals surface area contributed by atoms with Crippen molar-refractivity contribution in [2.24, 2.45) is 10.3 Å². The van der Waals surface area contributed by atoms with Gasteiger partial charge in [-0.05, 0) is 81.3 Å². The van der Waals surface area contributed by atoms with Crippen LogP contribution in [0, 0.1) is 6.92 Å². The Bertz CT molecular complexity index is 1730. The first kappa shape index (κ1) is 31.5. The number of nitrogens with zero attached hydrogens (tertiary/aromatic N) is 5. The van der Waals surface area contributed by atoms with E-state index >= 15 is 0 Å². The van der Waals surface area contributed by atoms with Crippen molar-refractivity contribution in [3.05, 3.63) is 64.7 Å². The zero-order chi connectivity index (χ0) is 32.2. The molecule has 1 fully saturated rings. The largest absolute Gasteiger partial charge is 0.492 e. The van der Waals surface area contributed by atoms with Crippen LogP contribution in [0.4, 0.5) is 17.1 Å². The third-order valence-corrected chi connectivity index (χ3v) is 8.46. The summed E-state index contributed by atoms with van der Waals surface area (Å²) in [7, 11) is -2.16. The molecule has 1 saturated carbocycles. The maximum absolute atomic E-state index is 13.6. The molecule has 0 bridgehead atoms. The lowest BCUT2D eigenvalue weighted by Gasteiger charge is -2.27. The lowest BCUT2D eigenvalue weighted by atomic mass is 9.86. The van der Waals surface area contributed by atoms with Crippen LogP contribution in [0.2, 0.25) is 0 Å². The number of aromatic nitrogens is 2. The lowest BCUT2D eigenvalue weighted by Crippen LogP contribution is -2.28. The smallest absolute Gasteiger partial charge is 0.255 e. The number of aryl methyl sites for hydroxylation is 1. The zero-order valence-electron chi connectivity index (χ0n) is 27.0. The number of hydrogen-bond donors (Lipinski definition) is 2. The molecule has 1 amide bonds. The number of amides is 1. The first-order chi connectivity index (χ1) is 20.5. The summed E-state index contributed by atoms with van der Waals surface area (Å²) in [4.78, 5) is 18.4. The number of carbonyl (C=O) groups excluding carboxylic acids is 1. The highest BCUT2D eigenvalue weighted by Gasteiger charge is 2.36. The summed E-state index contributed by atoms with van der Waals surface area (Å²) in [6, 6.07) is 8.80. The van der Waals surface area contributed by atoms with E-state index in [1.54, 1.807) is 18.2 Å². The maximum Gasteiger partial charge on any atom is 0.255 e. The summed E-state index contributed by atoms with van der Waals surface area (Å²) in [5, 5.41) is 13.9. The molecule has 1 unspecified atom stereocenters. The first-order valence-electron chi connectivity index (χ1n) is 14.8. The van der Waals surface area contributed by atoms with Gasteiger partial charge < -0.3 is 14.6 Å². The average Bonchev–Trinajstić information content (AvgIpc) is 3.45. The van der Waals surface area contributed by atoms with Gasteiger partial charge in [-0.2, -0.15) is 5.11 Å². The van der Waals surface area contributed by atoms with Crippen molar-refractivity contribution in [3.8, 4) is 5.75 Å². The number of rotatable bonds is 8. The Labute approximate surface area is 260 Å². The molecule has 5 rings (SSSR count). The van der Waals surface area contributed by atoms with E-state index in [1.807, 2.05) is 51.0 Å². The number of nitrogens with one attached hydrogen (secondary N) is 2. The zero-order valence-corrected chi connectivity index (χ0v) is 27.8. The molecule has 2 N–H and O–H groups in total. The molecule has 236 valence electrons. The van der Waals surface area contributed by atoms with Crippen molar-refractivity contribution >= 4 is 33.0 Å². The number of imidazole rings is 1. The Kier molecular flexibility index (Phi) is 8.02. The van der Waals surface area contributed by atoms with Crippen molar-refractivity contribution in [2.75, 3.05) is 35.0 Å². The minimum absolute atomic E-state index is 0.136. The van der Waals surface area contributed by atoms with Gasteiger partial charge in [-0.3, -0.25) is 9.52 Å². The van der Waals surface area contributed by atoms with Gasteiger partial charge in [0.1, 0.15) is 11.9 Å². The number of methoxy groups -OCH3 is 1. The van der Waals surface area contributed by atoms with E-state index in [-0.39, 0.29) is 34.3 Å². The lowest BCUT2D eigenvalue weighted by molar-refractivity contribution is 0.102. The topological polar surface area (TPSA) is 130 Å². The average molecular weight is 622 g/mol. The highest BCUT2D eigenvalue weighted by Crippen LogP contribution is 2.43. The minimum atomic E-state index is -3.60. The van der Waals surface area contributed by atoms with Gasteiger partial charge in [0.2, 0.25) is 10.0 Å². The third-order valence-electron chi connectivity index (χ3n) is 7.87. The normalized spacial score (nSPS) is 17.2. The molecule has 1 aliphatic carbocycles. The van der Waals surface area contributed by atoms with Gasteiger partial charge in [0.15, 0.2) is 5.75 Å². The summed E-state index contributed by atoms with van der Waals surface area (Å²) in [6.45, 7) is 15.1. The second kappa shape index (κ2) is 11.2. The van der Waals surface area contributed by atoms with Crippen LogP contribution in [0.15, 0.2) is 46.9 Å². The van der Waals surface area contributed by atoms with Crippen LogP contribution in [0.1, 0.15) is 99.3 Å². The van der Waals surface area contributed by atoms with E-state index < -0.39 is 10.0 Å². The van der Waals surface area contributed by atoms with Gasteiger partial charge in [0.25, 0.3) is 5.91 Å². The van der Waals surface area contributed by atoms with Gasteiger partial charge in [-0.25, -0.2) is 18.4 Å². The van der Waals surface area contributed by atoms with E-state index in [9.17, 15) is 13.2 Å². The van der Waals surface area contributed by atoms with Crippen molar-refractivity contribution in [1.82, 2.24) is 9.55 Å². The Morgan fingerprint density at radius 3 is 2.32 bits per heavy atom. The fourth-order valence-corrected chi connectivity index (χ4v) is 6.06. The summed E-state index contributed by atoms with van der Waals surface area (Å²) in [5.74, 6) is 1.49. The van der Waals surface area contributed by atoms with E-state index in [0.717, 1.165) is 34.6 Å². The third kappa shape index (κ3) is 6.59. The molecular weight excluding hydrogens is 578 g/mol. The molecule has 0 spiro atoms. The molecule has 3 aromatic rings. The van der Waals surface area contributed by atoms with Crippen LogP contribution < -0.4 is 19.8 Å². The molecule has 1 atom stereocenters. The fraction of sp³-hybridized carbons (Fsp3) is 0.500. The predicted molar refractivity (Wildman–Crippen MR) is 173 cm³/mol. The fourth-order valence-electron chi connectivity index (χ4n) is 5.51. The standard InChI is InChI=1S/C32H43N7O4S/c1-19-10-11-21(30(40)34-23-15-22(31(2,3)4)16-24(28(23)43-8)36-44(9,41)42)14-26(19)38-18-25(35-37-38)27-17-33-29(20-12-13-20)39(27)32(5,6)7/h10-11,14-17,20,25,36H,12-13,18H2,1-9H3,(H,34,40). The Morgan fingerprint density at radius 2 is 1.73 bits per heavy atom. The molecule has 1 aliphatic heterocycles. The number of carbonyl (C=O) groups is 1. The van der Waals surface area contributed by atoms with E-state index in [1.165, 1.54) is 20.0 Å². The van der Waals surface area contributed by atoms with Gasteiger partial charge in [0.05, 0.1) is 48.9 Å². The molecule has 12 heteroatoms. The van der Waals surface area contributed by atoms with Crippen LogP contribution in [-0.2, 0) is 21.0 Å².